The van der Waals surface area contributed by atoms with Crippen molar-refractivity contribution < 1.29 is 18.5 Å². The van der Waals surface area contributed by atoms with Crippen LogP contribution >= 0.6 is 12.2 Å². The SMILES string of the molecule is COC(=O)CCc1ccc(-c2ccc(CC(NSOc3ccc(C)cc3)C(=O)N(C)C)cc2)cc1. The van der Waals surface area contributed by atoms with Gasteiger partial charge in [-0.25, -0.2) is 4.72 Å². The maximum absolute atomic E-state index is 12.7. The summed E-state index contributed by atoms with van der Waals surface area (Å²) in [6.45, 7) is 2.02. The largest absolute Gasteiger partial charge is 0.469 e. The first-order valence-corrected chi connectivity index (χ1v) is 12.2. The number of benzene rings is 3. The van der Waals surface area contributed by atoms with Crippen LogP contribution in [0.3, 0.4) is 0 Å². The van der Waals surface area contributed by atoms with Crippen molar-refractivity contribution in [1.82, 2.24) is 9.62 Å². The van der Waals surface area contributed by atoms with Gasteiger partial charge in [-0.05, 0) is 54.2 Å². The minimum absolute atomic E-state index is 0.0170. The smallest absolute Gasteiger partial charge is 0.305 e. The summed E-state index contributed by atoms with van der Waals surface area (Å²) in [4.78, 5) is 25.7. The minimum Gasteiger partial charge on any atom is -0.469 e. The second kappa shape index (κ2) is 13.0. The number of likely N-dealkylation sites (N-methyl/N-ethyl adjacent to an activating group) is 1. The van der Waals surface area contributed by atoms with E-state index in [9.17, 15) is 9.59 Å². The summed E-state index contributed by atoms with van der Waals surface area (Å²) in [7, 11) is 4.91. The molecule has 184 valence electrons. The number of nitrogens with zero attached hydrogens (tertiary/aromatic N) is 1. The molecule has 0 aliphatic rings. The number of ether oxygens (including phenoxy) is 1. The Hall–Kier alpha value is -3.29. The van der Waals surface area contributed by atoms with E-state index >= 15 is 0 Å². The van der Waals surface area contributed by atoms with Crippen LogP contribution < -0.4 is 8.91 Å². The molecule has 3 aromatic carbocycles. The molecule has 3 rings (SSSR count). The number of esters is 1. The van der Waals surface area contributed by atoms with E-state index in [-0.39, 0.29) is 11.9 Å². The van der Waals surface area contributed by atoms with Crippen LogP contribution in [0.4, 0.5) is 0 Å². The van der Waals surface area contributed by atoms with Crippen molar-refractivity contribution in [3.05, 3.63) is 89.5 Å². The monoisotopic (exact) mass is 492 g/mol. The first-order valence-electron chi connectivity index (χ1n) is 11.5. The molecule has 1 amide bonds. The van der Waals surface area contributed by atoms with Crippen molar-refractivity contribution in [3.63, 3.8) is 0 Å². The Bertz CT molecular complexity index is 1100. The van der Waals surface area contributed by atoms with Crippen LogP contribution in [0.2, 0.25) is 0 Å². The summed E-state index contributed by atoms with van der Waals surface area (Å²) in [5.41, 5.74) is 5.49. The quantitative estimate of drug-likeness (QED) is 0.231. The molecule has 0 aromatic heterocycles. The van der Waals surface area contributed by atoms with Crippen molar-refractivity contribution in [3.8, 4) is 16.9 Å². The Labute approximate surface area is 212 Å². The van der Waals surface area contributed by atoms with Crippen LogP contribution in [0, 0.1) is 6.92 Å². The van der Waals surface area contributed by atoms with Gasteiger partial charge in [0.05, 0.1) is 7.11 Å². The van der Waals surface area contributed by atoms with E-state index in [1.54, 1.807) is 19.0 Å². The number of carbonyl (C=O) groups is 2. The first kappa shape index (κ1) is 26.3. The standard InChI is InChI=1S/C28H32N2O4S/c1-20-5-16-25(17-6-20)34-35-29-26(28(32)30(2)3)19-22-9-14-24(15-10-22)23-12-7-21(8-13-23)11-18-27(31)33-4/h5-10,12-17,26,29H,11,18-19H2,1-4H3. The van der Waals surface area contributed by atoms with E-state index in [1.165, 1.54) is 7.11 Å². The molecule has 0 aliphatic heterocycles. The maximum atomic E-state index is 12.7. The average Bonchev–Trinajstić information content (AvgIpc) is 2.88. The van der Waals surface area contributed by atoms with Crippen molar-refractivity contribution in [1.29, 1.82) is 0 Å². The average molecular weight is 493 g/mol. The molecule has 0 heterocycles. The molecule has 0 fully saturated rings. The summed E-state index contributed by atoms with van der Waals surface area (Å²) in [5, 5.41) is 0. The van der Waals surface area contributed by atoms with Crippen LogP contribution in [-0.4, -0.2) is 44.0 Å². The van der Waals surface area contributed by atoms with Crippen molar-refractivity contribution in [2.24, 2.45) is 0 Å². The number of rotatable bonds is 11. The van der Waals surface area contributed by atoms with E-state index in [0.717, 1.165) is 45.8 Å². The predicted octanol–water partition coefficient (Wildman–Crippen LogP) is 5.00. The second-order valence-electron chi connectivity index (χ2n) is 8.56. The summed E-state index contributed by atoms with van der Waals surface area (Å²) < 4.78 is 13.6. The molecule has 0 aliphatic carbocycles. The first-order chi connectivity index (χ1) is 16.9. The molecule has 0 spiro atoms. The van der Waals surface area contributed by atoms with Gasteiger partial charge in [-0.3, -0.25) is 9.59 Å². The molecule has 0 saturated heterocycles. The summed E-state index contributed by atoms with van der Waals surface area (Å²) >= 11 is 1.07. The number of hydrogen-bond donors (Lipinski definition) is 1. The Morgan fingerprint density at radius 2 is 1.46 bits per heavy atom. The molecule has 0 bridgehead atoms. The van der Waals surface area contributed by atoms with Gasteiger partial charge in [-0.15, -0.1) is 0 Å². The second-order valence-corrected chi connectivity index (χ2v) is 9.13. The van der Waals surface area contributed by atoms with Gasteiger partial charge in [0.15, 0.2) is 0 Å². The maximum Gasteiger partial charge on any atom is 0.305 e. The van der Waals surface area contributed by atoms with Crippen LogP contribution in [-0.2, 0) is 27.2 Å². The molecule has 0 saturated carbocycles. The minimum atomic E-state index is -0.430. The van der Waals surface area contributed by atoms with Crippen molar-refractivity contribution in [2.45, 2.75) is 32.2 Å². The summed E-state index contributed by atoms with van der Waals surface area (Å²) in [5.74, 6) is 0.506. The lowest BCUT2D eigenvalue weighted by atomic mass is 9.99. The fraction of sp³-hybridized carbons (Fsp3) is 0.286. The number of aryl methyl sites for hydroxylation is 2. The number of amides is 1. The highest BCUT2D eigenvalue weighted by Gasteiger charge is 2.21. The van der Waals surface area contributed by atoms with Crippen molar-refractivity contribution >= 4 is 24.1 Å². The van der Waals surface area contributed by atoms with Gasteiger partial charge in [-0.2, -0.15) is 0 Å². The molecular formula is C28H32N2O4S. The summed E-state index contributed by atoms with van der Waals surface area (Å²) in [6, 6.07) is 23.7. The Kier molecular flexibility index (Phi) is 9.76. The third-order valence-corrected chi connectivity index (χ3v) is 6.27. The third-order valence-electron chi connectivity index (χ3n) is 5.61. The predicted molar refractivity (Wildman–Crippen MR) is 141 cm³/mol. The zero-order valence-corrected chi connectivity index (χ0v) is 21.4. The molecule has 6 nitrogen and oxygen atoms in total. The molecule has 3 aromatic rings. The number of nitrogens with one attached hydrogen (secondary N) is 1. The van der Waals surface area contributed by atoms with E-state index < -0.39 is 6.04 Å². The van der Waals surface area contributed by atoms with E-state index in [2.05, 4.69) is 29.0 Å². The Balaban J connectivity index is 1.60. The lowest BCUT2D eigenvalue weighted by Gasteiger charge is -2.21. The highest BCUT2D eigenvalue weighted by molar-refractivity contribution is 7.93. The van der Waals surface area contributed by atoms with Gasteiger partial charge in [-0.1, -0.05) is 66.2 Å². The van der Waals surface area contributed by atoms with Gasteiger partial charge >= 0.3 is 5.97 Å². The topological polar surface area (TPSA) is 67.9 Å². The zero-order chi connectivity index (χ0) is 25.2. The third kappa shape index (κ3) is 8.16. The van der Waals surface area contributed by atoms with Gasteiger partial charge in [0.1, 0.15) is 24.0 Å². The van der Waals surface area contributed by atoms with E-state index in [0.29, 0.717) is 19.3 Å². The number of carbonyl (C=O) groups excluding carboxylic acids is 2. The summed E-state index contributed by atoms with van der Waals surface area (Å²) in [6.07, 6.45) is 1.57. The van der Waals surface area contributed by atoms with Gasteiger partial charge in [0.25, 0.3) is 0 Å². The van der Waals surface area contributed by atoms with E-state index in [1.807, 2.05) is 55.5 Å². The van der Waals surface area contributed by atoms with Crippen LogP contribution in [0.1, 0.15) is 23.1 Å². The lowest BCUT2D eigenvalue weighted by molar-refractivity contribution is -0.140. The normalized spacial score (nSPS) is 11.5. The lowest BCUT2D eigenvalue weighted by Crippen LogP contribution is -2.42. The zero-order valence-electron chi connectivity index (χ0n) is 20.6. The number of methoxy groups -OCH3 is 1. The van der Waals surface area contributed by atoms with Crippen LogP contribution in [0.5, 0.6) is 5.75 Å². The molecule has 7 heteroatoms. The van der Waals surface area contributed by atoms with Gasteiger partial charge in [0.2, 0.25) is 5.91 Å². The van der Waals surface area contributed by atoms with E-state index in [4.69, 9.17) is 8.92 Å². The Morgan fingerprint density at radius 1 is 0.886 bits per heavy atom. The molecule has 0 radical (unpaired) electrons. The van der Waals surface area contributed by atoms with Crippen molar-refractivity contribution in [2.75, 3.05) is 21.2 Å². The Morgan fingerprint density at radius 3 is 2.00 bits per heavy atom. The van der Waals surface area contributed by atoms with Crippen LogP contribution in [0.15, 0.2) is 72.8 Å². The molecule has 1 N–H and O–H groups in total. The molecular weight excluding hydrogens is 460 g/mol. The molecule has 1 unspecified atom stereocenters. The fourth-order valence-corrected chi connectivity index (χ4v) is 4.05. The highest BCUT2D eigenvalue weighted by Crippen LogP contribution is 2.22. The van der Waals surface area contributed by atoms with Gasteiger partial charge in [0, 0.05) is 20.5 Å². The van der Waals surface area contributed by atoms with Crippen LogP contribution in [0.25, 0.3) is 11.1 Å². The number of hydrogen-bond acceptors (Lipinski definition) is 6. The highest BCUT2D eigenvalue weighted by atomic mass is 32.2. The fourth-order valence-electron chi connectivity index (χ4n) is 3.50. The molecule has 1 atom stereocenters. The molecule has 35 heavy (non-hydrogen) atoms. The van der Waals surface area contributed by atoms with Gasteiger partial charge < -0.3 is 13.8 Å².